The molecule has 0 saturated carbocycles. The second-order valence-corrected chi connectivity index (χ2v) is 10.6. The first-order valence-corrected chi connectivity index (χ1v) is 11.4. The van der Waals surface area contributed by atoms with Crippen LogP contribution in [0.15, 0.2) is 42.5 Å². The van der Waals surface area contributed by atoms with Gasteiger partial charge in [0, 0.05) is 6.54 Å². The van der Waals surface area contributed by atoms with E-state index in [0.29, 0.717) is 12.2 Å². The molecule has 2 rings (SSSR count). The Morgan fingerprint density at radius 2 is 1.59 bits per heavy atom. The zero-order chi connectivity index (χ0) is 25.7. The summed E-state index contributed by atoms with van der Waals surface area (Å²) >= 11 is 0. The highest BCUT2D eigenvalue weighted by atomic mass is 16.5. The number of nitrogens with zero attached hydrogens (tertiary/aromatic N) is 1. The van der Waals surface area contributed by atoms with E-state index < -0.39 is 17.5 Å². The largest absolute Gasteiger partial charge is 0.504 e. The predicted molar refractivity (Wildman–Crippen MR) is 133 cm³/mol. The molecule has 1 unspecified atom stereocenters. The van der Waals surface area contributed by atoms with E-state index in [-0.39, 0.29) is 30.3 Å². The van der Waals surface area contributed by atoms with Gasteiger partial charge >= 0.3 is 12.0 Å². The highest BCUT2D eigenvalue weighted by molar-refractivity contribution is 5.75. The van der Waals surface area contributed by atoms with Crippen LogP contribution in [-0.2, 0) is 27.9 Å². The zero-order valence-corrected chi connectivity index (χ0v) is 21.3. The van der Waals surface area contributed by atoms with Gasteiger partial charge in [0.15, 0.2) is 11.5 Å². The maximum absolute atomic E-state index is 12.5. The minimum atomic E-state index is -0.666. The lowest BCUT2D eigenvalue weighted by molar-refractivity contribution is -0.154. The van der Waals surface area contributed by atoms with Crippen molar-refractivity contribution in [2.45, 2.75) is 66.0 Å². The first-order chi connectivity index (χ1) is 15.7. The summed E-state index contributed by atoms with van der Waals surface area (Å²) in [5.41, 5.74) is 8.07. The van der Waals surface area contributed by atoms with Crippen LogP contribution in [0.3, 0.4) is 0 Å². The molecule has 0 aromatic heterocycles. The number of primary amides is 1. The Balaban J connectivity index is 2.34. The maximum Gasteiger partial charge on any atom is 0.315 e. The number of hydrogen-bond donors (Lipinski definition) is 2. The van der Waals surface area contributed by atoms with Crippen molar-refractivity contribution < 1.29 is 24.2 Å². The molecule has 0 spiro atoms. The van der Waals surface area contributed by atoms with Crippen molar-refractivity contribution in [1.82, 2.24) is 4.90 Å². The van der Waals surface area contributed by atoms with Gasteiger partial charge in [-0.25, -0.2) is 4.79 Å². The minimum Gasteiger partial charge on any atom is -0.504 e. The summed E-state index contributed by atoms with van der Waals surface area (Å²) in [4.78, 5) is 26.4. The number of carbonyl (C=O) groups excluding carboxylic acids is 2. The Kier molecular flexibility index (Phi) is 8.59. The molecule has 0 aliphatic carbocycles. The zero-order valence-electron chi connectivity index (χ0n) is 21.3. The number of phenolic OH excluding ortho intramolecular Hbond substituents is 1. The fourth-order valence-electron chi connectivity index (χ4n) is 3.46. The molecule has 0 aliphatic rings. The second kappa shape index (κ2) is 10.8. The number of esters is 1. The number of carbonyl (C=O) groups is 2. The first-order valence-electron chi connectivity index (χ1n) is 11.4. The van der Waals surface area contributed by atoms with E-state index in [2.05, 4.69) is 32.9 Å². The Morgan fingerprint density at radius 1 is 1.00 bits per heavy atom. The van der Waals surface area contributed by atoms with Gasteiger partial charge in [-0.05, 0) is 61.4 Å². The van der Waals surface area contributed by atoms with Crippen LogP contribution in [-0.4, -0.2) is 41.8 Å². The third-order valence-electron chi connectivity index (χ3n) is 5.63. The van der Waals surface area contributed by atoms with Crippen LogP contribution < -0.4 is 10.5 Å². The van der Waals surface area contributed by atoms with Crippen molar-refractivity contribution in [1.29, 1.82) is 0 Å². The quantitative estimate of drug-likeness (QED) is 0.541. The van der Waals surface area contributed by atoms with Crippen molar-refractivity contribution in [2.75, 3.05) is 13.7 Å². The van der Waals surface area contributed by atoms with Crippen molar-refractivity contribution >= 4 is 12.0 Å². The minimum absolute atomic E-state index is 0.00599. The van der Waals surface area contributed by atoms with E-state index in [4.69, 9.17) is 15.2 Å². The number of hydrogen-bond acceptors (Lipinski definition) is 5. The molecule has 34 heavy (non-hydrogen) atoms. The van der Waals surface area contributed by atoms with Crippen LogP contribution in [0.2, 0.25) is 0 Å². The number of nitrogens with two attached hydrogens (primary N) is 1. The Bertz CT molecular complexity index is 988. The fraction of sp³-hybridized carbons (Fsp3) is 0.481. The molecular formula is C27H38N2O5. The standard InChI is InChI=1S/C27H38N2O5/c1-26(2,3)20-11-8-18(9-12-20)14-21(17-34-24(31)27(4,5)6)29(25(28)32)16-19-10-13-22(30)23(15-19)33-7/h8-13,15,21,30H,14,16-17H2,1-7H3,(H2,28,32). The number of methoxy groups -OCH3 is 1. The molecule has 2 aromatic carbocycles. The number of benzene rings is 2. The van der Waals surface area contributed by atoms with Crippen LogP contribution in [0.4, 0.5) is 4.79 Å². The SMILES string of the molecule is COc1cc(CN(C(N)=O)C(COC(=O)C(C)(C)C)Cc2ccc(C(C)(C)C)cc2)ccc1O. The van der Waals surface area contributed by atoms with Gasteiger partial charge in [-0.2, -0.15) is 0 Å². The number of phenols is 1. The number of rotatable bonds is 8. The van der Waals surface area contributed by atoms with E-state index in [1.54, 1.807) is 32.9 Å². The van der Waals surface area contributed by atoms with Gasteiger partial charge in [-0.1, -0.05) is 51.1 Å². The number of amides is 2. The third kappa shape index (κ3) is 7.40. The van der Waals surface area contributed by atoms with Crippen molar-refractivity contribution in [3.8, 4) is 11.5 Å². The lowest BCUT2D eigenvalue weighted by Crippen LogP contribution is -2.47. The molecule has 7 nitrogen and oxygen atoms in total. The van der Waals surface area contributed by atoms with Crippen LogP contribution in [0.1, 0.15) is 58.2 Å². The van der Waals surface area contributed by atoms with Gasteiger partial charge in [-0.15, -0.1) is 0 Å². The summed E-state index contributed by atoms with van der Waals surface area (Å²) in [6.07, 6.45) is 0.458. The van der Waals surface area contributed by atoms with Crippen LogP contribution in [0, 0.1) is 5.41 Å². The lowest BCUT2D eigenvalue weighted by atomic mass is 9.86. The highest BCUT2D eigenvalue weighted by Gasteiger charge is 2.28. The Labute approximate surface area is 202 Å². The Hall–Kier alpha value is -3.22. The molecule has 3 N–H and O–H groups in total. The number of ether oxygens (including phenoxy) is 2. The van der Waals surface area contributed by atoms with E-state index in [9.17, 15) is 14.7 Å². The summed E-state index contributed by atoms with van der Waals surface area (Å²) in [5, 5.41) is 9.90. The van der Waals surface area contributed by atoms with Gasteiger partial charge < -0.3 is 25.2 Å². The molecule has 0 heterocycles. The van der Waals surface area contributed by atoms with E-state index in [0.717, 1.165) is 11.1 Å². The van der Waals surface area contributed by atoms with Crippen LogP contribution in [0.25, 0.3) is 0 Å². The van der Waals surface area contributed by atoms with Crippen LogP contribution >= 0.6 is 0 Å². The second-order valence-electron chi connectivity index (χ2n) is 10.6. The Morgan fingerprint density at radius 3 is 2.09 bits per heavy atom. The van der Waals surface area contributed by atoms with Crippen molar-refractivity contribution in [3.63, 3.8) is 0 Å². The number of aromatic hydroxyl groups is 1. The highest BCUT2D eigenvalue weighted by Crippen LogP contribution is 2.28. The molecule has 0 aliphatic heterocycles. The van der Waals surface area contributed by atoms with Crippen molar-refractivity contribution in [3.05, 3.63) is 59.2 Å². The first kappa shape index (κ1) is 27.0. The molecule has 0 fully saturated rings. The number of urea groups is 1. The van der Waals surface area contributed by atoms with E-state index in [1.807, 2.05) is 12.1 Å². The monoisotopic (exact) mass is 470 g/mol. The predicted octanol–water partition coefficient (Wildman–Crippen LogP) is 4.78. The molecule has 0 radical (unpaired) electrons. The molecule has 7 heteroatoms. The average Bonchev–Trinajstić information content (AvgIpc) is 2.74. The normalized spacial score (nSPS) is 12.7. The van der Waals surface area contributed by atoms with Gasteiger partial charge in [-0.3, -0.25) is 4.79 Å². The van der Waals surface area contributed by atoms with Gasteiger partial charge in [0.25, 0.3) is 0 Å². The summed E-state index contributed by atoms with van der Waals surface area (Å²) in [6, 6.07) is 12.0. The summed E-state index contributed by atoms with van der Waals surface area (Å²) in [5.74, 6) is -0.0434. The molecule has 2 aromatic rings. The van der Waals surface area contributed by atoms with E-state index >= 15 is 0 Å². The lowest BCUT2D eigenvalue weighted by Gasteiger charge is -2.31. The van der Waals surface area contributed by atoms with Gasteiger partial charge in [0.05, 0.1) is 18.6 Å². The molecule has 0 saturated heterocycles. The fourth-order valence-corrected chi connectivity index (χ4v) is 3.46. The smallest absolute Gasteiger partial charge is 0.315 e. The topological polar surface area (TPSA) is 102 Å². The molecule has 1 atom stereocenters. The molecular weight excluding hydrogens is 432 g/mol. The van der Waals surface area contributed by atoms with Crippen molar-refractivity contribution in [2.24, 2.45) is 11.1 Å². The average molecular weight is 471 g/mol. The van der Waals surface area contributed by atoms with Gasteiger partial charge in [0.1, 0.15) is 6.61 Å². The maximum atomic E-state index is 12.5. The van der Waals surface area contributed by atoms with E-state index in [1.165, 1.54) is 23.6 Å². The molecule has 186 valence electrons. The summed E-state index contributed by atoms with van der Waals surface area (Å²) < 4.78 is 10.8. The summed E-state index contributed by atoms with van der Waals surface area (Å²) in [7, 11) is 1.46. The van der Waals surface area contributed by atoms with Gasteiger partial charge in [0.2, 0.25) is 0 Å². The summed E-state index contributed by atoms with van der Waals surface area (Å²) in [6.45, 7) is 12.0. The third-order valence-corrected chi connectivity index (χ3v) is 5.63. The van der Waals surface area contributed by atoms with Crippen LogP contribution in [0.5, 0.6) is 11.5 Å². The molecule has 2 amide bonds. The molecule has 0 bridgehead atoms.